The zero-order valence-corrected chi connectivity index (χ0v) is 14.7. The molecule has 0 bridgehead atoms. The number of morpholine rings is 1. The van der Waals surface area contributed by atoms with E-state index in [-0.39, 0.29) is 17.6 Å². The maximum atomic E-state index is 14.0. The van der Waals surface area contributed by atoms with Gasteiger partial charge in [-0.1, -0.05) is 0 Å². The Hall–Kier alpha value is -2.08. The molecule has 1 aliphatic rings. The van der Waals surface area contributed by atoms with Gasteiger partial charge in [0.25, 0.3) is 5.91 Å². The third-order valence-corrected chi connectivity index (χ3v) is 4.23. The number of hydrogen-bond donors (Lipinski definition) is 0. The molecule has 0 radical (unpaired) electrons. The number of nitrogens with zero attached hydrogens (tertiary/aromatic N) is 3. The number of aryl methyl sites for hydroxylation is 2. The van der Waals surface area contributed by atoms with E-state index in [1.165, 1.54) is 12.1 Å². The van der Waals surface area contributed by atoms with Crippen molar-refractivity contribution in [1.29, 1.82) is 0 Å². The van der Waals surface area contributed by atoms with Crippen molar-refractivity contribution in [3.8, 4) is 0 Å². The average molecular weight is 331 g/mol. The summed E-state index contributed by atoms with van der Waals surface area (Å²) in [5.41, 5.74) is 2.13. The topological polar surface area (TPSA) is 55.3 Å². The van der Waals surface area contributed by atoms with Gasteiger partial charge in [0.2, 0.25) is 0 Å². The van der Waals surface area contributed by atoms with Gasteiger partial charge in [0.15, 0.2) is 0 Å². The minimum atomic E-state index is -0.482. The molecule has 1 atom stereocenters. The molecule has 3 rings (SSSR count). The van der Waals surface area contributed by atoms with Crippen molar-refractivity contribution >= 4 is 16.9 Å². The van der Waals surface area contributed by atoms with E-state index in [0.717, 1.165) is 11.4 Å². The van der Waals surface area contributed by atoms with Gasteiger partial charge < -0.3 is 9.64 Å². The van der Waals surface area contributed by atoms with Crippen molar-refractivity contribution in [2.24, 2.45) is 0 Å². The van der Waals surface area contributed by atoms with Crippen LogP contribution in [0.4, 0.5) is 4.39 Å². The monoisotopic (exact) mass is 331 g/mol. The number of carbonyl (C=O) groups excluding carboxylic acids is 1. The molecule has 1 aromatic carbocycles. The second-order valence-corrected chi connectivity index (χ2v) is 7.09. The molecule has 1 saturated heterocycles. The molecule has 2 heterocycles. The van der Waals surface area contributed by atoms with E-state index < -0.39 is 11.4 Å². The van der Waals surface area contributed by atoms with E-state index in [9.17, 15) is 9.18 Å². The number of carbonyl (C=O) groups is 1. The van der Waals surface area contributed by atoms with Crippen LogP contribution in [-0.2, 0) is 4.74 Å². The van der Waals surface area contributed by atoms with Crippen molar-refractivity contribution in [3.63, 3.8) is 0 Å². The summed E-state index contributed by atoms with van der Waals surface area (Å²) in [7, 11) is 0. The van der Waals surface area contributed by atoms with E-state index in [0.29, 0.717) is 24.1 Å². The SMILES string of the molecule is Cc1nc2cc(F)cc(C(=O)N3C[C@H](C)OC(C)(C)C3)c2nc1C. The molecule has 0 saturated carbocycles. The summed E-state index contributed by atoms with van der Waals surface area (Å²) in [6.45, 7) is 10.4. The van der Waals surface area contributed by atoms with Gasteiger partial charge in [-0.3, -0.25) is 4.79 Å². The van der Waals surface area contributed by atoms with Gasteiger partial charge in [0.1, 0.15) is 11.3 Å². The molecule has 6 heteroatoms. The summed E-state index contributed by atoms with van der Waals surface area (Å²) < 4.78 is 19.9. The molecule has 1 aliphatic heterocycles. The molecular formula is C18H22FN3O2. The van der Waals surface area contributed by atoms with Gasteiger partial charge >= 0.3 is 0 Å². The molecule has 1 aromatic heterocycles. The summed E-state index contributed by atoms with van der Waals surface area (Å²) in [6, 6.07) is 2.57. The van der Waals surface area contributed by atoms with E-state index in [1.54, 1.807) is 4.90 Å². The van der Waals surface area contributed by atoms with Gasteiger partial charge in [-0.2, -0.15) is 0 Å². The molecule has 0 unspecified atom stereocenters. The van der Waals surface area contributed by atoms with Gasteiger partial charge in [-0.05, 0) is 40.7 Å². The largest absolute Gasteiger partial charge is 0.369 e. The fourth-order valence-electron chi connectivity index (χ4n) is 3.24. The van der Waals surface area contributed by atoms with Gasteiger partial charge in [0, 0.05) is 19.2 Å². The van der Waals surface area contributed by atoms with Crippen LogP contribution in [0.25, 0.3) is 11.0 Å². The first-order chi connectivity index (χ1) is 11.2. The van der Waals surface area contributed by atoms with Crippen LogP contribution in [0.1, 0.15) is 42.5 Å². The minimum absolute atomic E-state index is 0.0763. The highest BCUT2D eigenvalue weighted by molar-refractivity contribution is 6.04. The maximum absolute atomic E-state index is 14.0. The number of aromatic nitrogens is 2. The van der Waals surface area contributed by atoms with Crippen LogP contribution in [-0.4, -0.2) is 45.6 Å². The molecule has 1 fully saturated rings. The second kappa shape index (κ2) is 5.77. The quantitative estimate of drug-likeness (QED) is 0.806. The van der Waals surface area contributed by atoms with E-state index in [4.69, 9.17) is 4.74 Å². The Bertz CT molecular complexity index is 820. The van der Waals surface area contributed by atoms with Gasteiger partial charge in [0.05, 0.1) is 34.2 Å². The van der Waals surface area contributed by atoms with Crippen LogP contribution in [0.2, 0.25) is 0 Å². The molecular weight excluding hydrogens is 309 g/mol. The lowest BCUT2D eigenvalue weighted by atomic mass is 10.0. The highest BCUT2D eigenvalue weighted by atomic mass is 19.1. The molecule has 128 valence electrons. The normalized spacial score (nSPS) is 20.4. The van der Waals surface area contributed by atoms with Crippen LogP contribution < -0.4 is 0 Å². The van der Waals surface area contributed by atoms with Crippen LogP contribution >= 0.6 is 0 Å². The van der Waals surface area contributed by atoms with Crippen molar-refractivity contribution in [2.75, 3.05) is 13.1 Å². The summed E-state index contributed by atoms with van der Waals surface area (Å²) in [5.74, 6) is -0.718. The molecule has 24 heavy (non-hydrogen) atoms. The smallest absolute Gasteiger partial charge is 0.256 e. The Morgan fingerprint density at radius 1 is 1.29 bits per heavy atom. The number of hydrogen-bond acceptors (Lipinski definition) is 4. The number of fused-ring (bicyclic) bond motifs is 1. The fourth-order valence-corrected chi connectivity index (χ4v) is 3.24. The zero-order valence-electron chi connectivity index (χ0n) is 14.7. The zero-order chi connectivity index (χ0) is 17.6. The summed E-state index contributed by atoms with van der Waals surface area (Å²) >= 11 is 0. The Morgan fingerprint density at radius 3 is 2.62 bits per heavy atom. The highest BCUT2D eigenvalue weighted by Crippen LogP contribution is 2.25. The third kappa shape index (κ3) is 3.11. The van der Waals surface area contributed by atoms with Crippen LogP contribution in [0.15, 0.2) is 12.1 Å². The van der Waals surface area contributed by atoms with Crippen molar-refractivity contribution < 1.29 is 13.9 Å². The Kier molecular flexibility index (Phi) is 4.03. The lowest BCUT2D eigenvalue weighted by Gasteiger charge is -2.41. The Morgan fingerprint density at radius 2 is 1.96 bits per heavy atom. The Labute approximate surface area is 140 Å². The van der Waals surface area contributed by atoms with Crippen molar-refractivity contribution in [2.45, 2.75) is 46.3 Å². The molecule has 2 aromatic rings. The lowest BCUT2D eigenvalue weighted by molar-refractivity contribution is -0.118. The van der Waals surface area contributed by atoms with Crippen LogP contribution in [0.5, 0.6) is 0 Å². The third-order valence-electron chi connectivity index (χ3n) is 4.23. The van der Waals surface area contributed by atoms with Crippen LogP contribution in [0, 0.1) is 19.7 Å². The van der Waals surface area contributed by atoms with Gasteiger partial charge in [-0.15, -0.1) is 0 Å². The summed E-state index contributed by atoms with van der Waals surface area (Å²) in [6.07, 6.45) is -0.0763. The first-order valence-electron chi connectivity index (χ1n) is 8.08. The predicted molar refractivity (Wildman–Crippen MR) is 89.5 cm³/mol. The first-order valence-corrected chi connectivity index (χ1v) is 8.08. The van der Waals surface area contributed by atoms with E-state index in [2.05, 4.69) is 9.97 Å². The number of benzene rings is 1. The standard InChI is InChI=1S/C18H22FN3O2/c1-10-8-22(9-18(4,5)24-10)17(23)14-6-13(19)7-15-16(14)21-12(3)11(2)20-15/h6-7,10H,8-9H2,1-5H3/t10-/m0/s1. The minimum Gasteiger partial charge on any atom is -0.369 e. The second-order valence-electron chi connectivity index (χ2n) is 7.09. The summed E-state index contributed by atoms with van der Waals surface area (Å²) in [4.78, 5) is 23.6. The molecule has 5 nitrogen and oxygen atoms in total. The van der Waals surface area contributed by atoms with Gasteiger partial charge in [-0.25, -0.2) is 14.4 Å². The number of amides is 1. The number of ether oxygens (including phenoxy) is 1. The van der Waals surface area contributed by atoms with Crippen LogP contribution in [0.3, 0.4) is 0 Å². The van der Waals surface area contributed by atoms with Crippen molar-refractivity contribution in [3.05, 3.63) is 34.9 Å². The Balaban J connectivity index is 2.08. The summed E-state index contributed by atoms with van der Waals surface area (Å²) in [5, 5.41) is 0. The number of halogens is 1. The fraction of sp³-hybridized carbons (Fsp3) is 0.500. The molecule has 0 N–H and O–H groups in total. The van der Waals surface area contributed by atoms with E-state index in [1.807, 2.05) is 34.6 Å². The lowest BCUT2D eigenvalue weighted by Crippen LogP contribution is -2.53. The predicted octanol–water partition coefficient (Wildman–Crippen LogP) is 3.03. The van der Waals surface area contributed by atoms with Crippen molar-refractivity contribution in [1.82, 2.24) is 14.9 Å². The molecule has 0 aliphatic carbocycles. The molecule has 0 spiro atoms. The highest BCUT2D eigenvalue weighted by Gasteiger charge is 2.34. The average Bonchev–Trinajstić information content (AvgIpc) is 2.45. The van der Waals surface area contributed by atoms with E-state index >= 15 is 0 Å². The molecule has 1 amide bonds. The number of rotatable bonds is 1. The first kappa shape index (κ1) is 16.8. The maximum Gasteiger partial charge on any atom is 0.256 e.